The molecule has 2 amide bonds. The molecule has 1 aliphatic heterocycles. The van der Waals surface area contributed by atoms with Crippen LogP contribution >= 0.6 is 0 Å². The molecule has 0 bridgehead atoms. The number of ether oxygens (including phenoxy) is 1. The largest absolute Gasteiger partial charge is 0.450 e. The maximum absolute atomic E-state index is 12.2. The Bertz CT molecular complexity index is 727. The molecular weight excluding hydrogens is 346 g/mol. The highest BCUT2D eigenvalue weighted by Crippen LogP contribution is 2.20. The number of para-hydroxylation sites is 1. The number of carbonyl (C=O) groups is 2. The van der Waals surface area contributed by atoms with Gasteiger partial charge in [-0.2, -0.15) is 0 Å². The monoisotopic (exact) mass is 369 g/mol. The Kier molecular flexibility index (Phi) is 6.38. The summed E-state index contributed by atoms with van der Waals surface area (Å²) in [5.41, 5.74) is 0.278. The predicted octanol–water partition coefficient (Wildman–Crippen LogP) is 0.803. The van der Waals surface area contributed by atoms with Gasteiger partial charge in [0.05, 0.1) is 23.7 Å². The number of hydrogen-bond donors (Lipinski definition) is 1. The minimum Gasteiger partial charge on any atom is -0.450 e. The van der Waals surface area contributed by atoms with E-state index in [-0.39, 0.29) is 29.1 Å². The molecule has 1 aliphatic rings. The Morgan fingerprint density at radius 2 is 1.80 bits per heavy atom. The van der Waals surface area contributed by atoms with Crippen molar-refractivity contribution < 1.29 is 22.7 Å². The van der Waals surface area contributed by atoms with Crippen molar-refractivity contribution in [3.05, 3.63) is 24.3 Å². The molecule has 0 aliphatic carbocycles. The van der Waals surface area contributed by atoms with Crippen molar-refractivity contribution >= 4 is 27.5 Å². The predicted molar refractivity (Wildman–Crippen MR) is 93.2 cm³/mol. The second-order valence-corrected chi connectivity index (χ2v) is 7.76. The molecule has 25 heavy (non-hydrogen) atoms. The van der Waals surface area contributed by atoms with Crippen LogP contribution in [0.1, 0.15) is 6.92 Å². The van der Waals surface area contributed by atoms with Crippen molar-refractivity contribution in [3.63, 3.8) is 0 Å². The summed E-state index contributed by atoms with van der Waals surface area (Å²) in [5, 5.41) is 2.65. The molecule has 2 rings (SSSR count). The highest BCUT2D eigenvalue weighted by molar-refractivity contribution is 7.90. The molecule has 0 unspecified atom stereocenters. The average Bonchev–Trinajstić information content (AvgIpc) is 2.55. The zero-order valence-electron chi connectivity index (χ0n) is 14.4. The van der Waals surface area contributed by atoms with Gasteiger partial charge in [0.1, 0.15) is 0 Å². The van der Waals surface area contributed by atoms with Gasteiger partial charge in [0.2, 0.25) is 5.91 Å². The van der Waals surface area contributed by atoms with Crippen molar-refractivity contribution in [1.29, 1.82) is 0 Å². The van der Waals surface area contributed by atoms with E-state index in [0.29, 0.717) is 32.8 Å². The molecule has 0 spiro atoms. The van der Waals surface area contributed by atoms with Gasteiger partial charge in [-0.15, -0.1) is 0 Å². The van der Waals surface area contributed by atoms with Crippen LogP contribution in [0.4, 0.5) is 10.5 Å². The summed E-state index contributed by atoms with van der Waals surface area (Å²) >= 11 is 0. The summed E-state index contributed by atoms with van der Waals surface area (Å²) in [7, 11) is -3.42. The number of carbonyl (C=O) groups excluding carboxylic acids is 2. The molecule has 8 nitrogen and oxygen atoms in total. The zero-order valence-corrected chi connectivity index (χ0v) is 15.2. The Labute approximate surface area is 147 Å². The summed E-state index contributed by atoms with van der Waals surface area (Å²) in [6, 6.07) is 6.30. The lowest BCUT2D eigenvalue weighted by molar-refractivity contribution is -0.117. The maximum Gasteiger partial charge on any atom is 0.409 e. The van der Waals surface area contributed by atoms with Crippen LogP contribution in [0.2, 0.25) is 0 Å². The number of nitrogens with one attached hydrogen (secondary N) is 1. The molecule has 1 aromatic rings. The average molecular weight is 369 g/mol. The Hall–Kier alpha value is -2.13. The normalized spacial score (nSPS) is 15.7. The number of benzene rings is 1. The van der Waals surface area contributed by atoms with Gasteiger partial charge in [0, 0.05) is 32.4 Å². The number of rotatable bonds is 5. The van der Waals surface area contributed by atoms with E-state index in [0.717, 1.165) is 6.26 Å². The number of hydrogen-bond acceptors (Lipinski definition) is 6. The van der Waals surface area contributed by atoms with Crippen LogP contribution in [-0.2, 0) is 19.4 Å². The van der Waals surface area contributed by atoms with Crippen LogP contribution < -0.4 is 5.32 Å². The van der Waals surface area contributed by atoms with Gasteiger partial charge in [0.25, 0.3) is 0 Å². The summed E-state index contributed by atoms with van der Waals surface area (Å²) in [4.78, 5) is 27.5. The fraction of sp³-hybridized carbons (Fsp3) is 0.500. The van der Waals surface area contributed by atoms with E-state index < -0.39 is 9.84 Å². The lowest BCUT2D eigenvalue weighted by atomic mass is 10.3. The first kappa shape index (κ1) is 19.2. The first-order valence-electron chi connectivity index (χ1n) is 8.04. The molecule has 9 heteroatoms. The molecule has 1 aromatic carbocycles. The van der Waals surface area contributed by atoms with E-state index in [2.05, 4.69) is 5.32 Å². The van der Waals surface area contributed by atoms with E-state index in [1.165, 1.54) is 6.07 Å². The first-order chi connectivity index (χ1) is 11.8. The second kappa shape index (κ2) is 8.30. The van der Waals surface area contributed by atoms with Gasteiger partial charge in [0.15, 0.2) is 9.84 Å². The number of amides is 2. The number of piperazine rings is 1. The van der Waals surface area contributed by atoms with E-state index in [1.807, 2.05) is 4.90 Å². The van der Waals surface area contributed by atoms with Gasteiger partial charge in [-0.1, -0.05) is 12.1 Å². The molecule has 1 N–H and O–H groups in total. The molecule has 0 saturated carbocycles. The standard InChI is InChI=1S/C16H23N3O5S/c1-3-24-16(21)19-10-8-18(9-11-19)12-15(20)17-13-6-4-5-7-14(13)25(2,22)23/h4-7H,3,8-12H2,1-2H3,(H,17,20). The van der Waals surface area contributed by atoms with Gasteiger partial charge in [-0.3, -0.25) is 9.69 Å². The first-order valence-corrected chi connectivity index (χ1v) is 9.93. The third-order valence-electron chi connectivity index (χ3n) is 3.83. The zero-order chi connectivity index (χ0) is 18.4. The minimum atomic E-state index is -3.42. The van der Waals surface area contributed by atoms with E-state index in [1.54, 1.807) is 30.0 Å². The Balaban J connectivity index is 1.89. The quantitative estimate of drug-likeness (QED) is 0.825. The van der Waals surface area contributed by atoms with Crippen LogP contribution in [0.3, 0.4) is 0 Å². The van der Waals surface area contributed by atoms with Crippen LogP contribution in [0.25, 0.3) is 0 Å². The van der Waals surface area contributed by atoms with E-state index in [9.17, 15) is 18.0 Å². The van der Waals surface area contributed by atoms with Gasteiger partial charge in [-0.25, -0.2) is 13.2 Å². The molecule has 0 aromatic heterocycles. The highest BCUT2D eigenvalue weighted by atomic mass is 32.2. The summed E-state index contributed by atoms with van der Waals surface area (Å²) in [5.74, 6) is -0.291. The minimum absolute atomic E-state index is 0.0930. The third-order valence-corrected chi connectivity index (χ3v) is 4.98. The number of nitrogens with zero attached hydrogens (tertiary/aromatic N) is 2. The van der Waals surface area contributed by atoms with Crippen LogP contribution in [0.15, 0.2) is 29.2 Å². The summed E-state index contributed by atoms with van der Waals surface area (Å²) < 4.78 is 28.5. The highest BCUT2D eigenvalue weighted by Gasteiger charge is 2.23. The van der Waals surface area contributed by atoms with E-state index in [4.69, 9.17) is 4.74 Å². The summed E-state index contributed by atoms with van der Waals surface area (Å²) in [6.07, 6.45) is 0.765. The third kappa shape index (κ3) is 5.43. The summed E-state index contributed by atoms with van der Waals surface area (Å²) in [6.45, 7) is 4.32. The van der Waals surface area contributed by atoms with Gasteiger partial charge >= 0.3 is 6.09 Å². The topological polar surface area (TPSA) is 96.0 Å². The molecule has 1 saturated heterocycles. The van der Waals surface area contributed by atoms with Crippen LogP contribution in [0, 0.1) is 0 Å². The lowest BCUT2D eigenvalue weighted by Crippen LogP contribution is -2.50. The molecule has 138 valence electrons. The second-order valence-electron chi connectivity index (χ2n) is 5.78. The fourth-order valence-corrected chi connectivity index (χ4v) is 3.43. The Morgan fingerprint density at radius 3 is 2.40 bits per heavy atom. The maximum atomic E-state index is 12.2. The van der Waals surface area contributed by atoms with Crippen LogP contribution in [-0.4, -0.2) is 75.8 Å². The SMILES string of the molecule is CCOC(=O)N1CCN(CC(=O)Nc2ccccc2S(C)(=O)=O)CC1. The molecule has 1 heterocycles. The number of anilines is 1. The molecule has 0 radical (unpaired) electrons. The van der Waals surface area contributed by atoms with Gasteiger partial charge in [-0.05, 0) is 19.1 Å². The molecule has 0 atom stereocenters. The smallest absolute Gasteiger partial charge is 0.409 e. The van der Waals surface area contributed by atoms with Crippen molar-refractivity contribution in [2.45, 2.75) is 11.8 Å². The van der Waals surface area contributed by atoms with Crippen molar-refractivity contribution in [1.82, 2.24) is 9.80 Å². The van der Waals surface area contributed by atoms with Crippen LogP contribution in [0.5, 0.6) is 0 Å². The van der Waals surface area contributed by atoms with Crippen molar-refractivity contribution in [3.8, 4) is 0 Å². The lowest BCUT2D eigenvalue weighted by Gasteiger charge is -2.33. The Morgan fingerprint density at radius 1 is 1.16 bits per heavy atom. The van der Waals surface area contributed by atoms with E-state index >= 15 is 0 Å². The van der Waals surface area contributed by atoms with Crippen molar-refractivity contribution in [2.24, 2.45) is 0 Å². The van der Waals surface area contributed by atoms with Crippen molar-refractivity contribution in [2.75, 3.05) is 50.9 Å². The van der Waals surface area contributed by atoms with Gasteiger partial charge < -0.3 is 15.0 Å². The fourth-order valence-electron chi connectivity index (χ4n) is 2.59. The number of sulfone groups is 1. The molecule has 1 fully saturated rings. The molecular formula is C16H23N3O5S.